The SMILES string of the molecule is Cn1c(CN2CCCN(Cc3cccs3)CC2)cc(=O)n(C)c1=O. The van der Waals surface area contributed by atoms with Crippen molar-refractivity contribution >= 4 is 11.3 Å². The van der Waals surface area contributed by atoms with Gasteiger partial charge in [-0.15, -0.1) is 11.3 Å². The molecule has 1 fully saturated rings. The van der Waals surface area contributed by atoms with Gasteiger partial charge in [0.2, 0.25) is 0 Å². The summed E-state index contributed by atoms with van der Waals surface area (Å²) < 4.78 is 2.73. The topological polar surface area (TPSA) is 50.5 Å². The highest BCUT2D eigenvalue weighted by Crippen LogP contribution is 2.14. The zero-order valence-electron chi connectivity index (χ0n) is 14.3. The molecule has 1 aliphatic rings. The molecule has 1 saturated heterocycles. The van der Waals surface area contributed by atoms with E-state index in [0.717, 1.165) is 49.4 Å². The van der Waals surface area contributed by atoms with Crippen molar-refractivity contribution in [1.82, 2.24) is 18.9 Å². The standard InChI is InChI=1S/C17H24N4O2S/c1-18-14(11-16(22)19(2)17(18)23)12-20-6-4-7-21(9-8-20)13-15-5-3-10-24-15/h3,5,10-11H,4,6-9,12-13H2,1-2H3. The Labute approximate surface area is 145 Å². The Bertz CT molecular complexity index is 794. The zero-order valence-corrected chi connectivity index (χ0v) is 15.1. The van der Waals surface area contributed by atoms with E-state index in [9.17, 15) is 9.59 Å². The van der Waals surface area contributed by atoms with Crippen LogP contribution in [-0.4, -0.2) is 45.1 Å². The Morgan fingerprint density at radius 3 is 2.38 bits per heavy atom. The van der Waals surface area contributed by atoms with Gasteiger partial charge < -0.3 is 0 Å². The summed E-state index contributed by atoms with van der Waals surface area (Å²) in [5.41, 5.74) is 0.295. The van der Waals surface area contributed by atoms with E-state index in [0.29, 0.717) is 6.54 Å². The fraction of sp³-hybridized carbons (Fsp3) is 0.529. The Morgan fingerprint density at radius 1 is 1.00 bits per heavy atom. The lowest BCUT2D eigenvalue weighted by Gasteiger charge is -2.22. The second-order valence-corrected chi connectivity index (χ2v) is 7.39. The molecule has 24 heavy (non-hydrogen) atoms. The number of thiophene rings is 1. The summed E-state index contributed by atoms with van der Waals surface area (Å²) in [6.07, 6.45) is 1.10. The Morgan fingerprint density at radius 2 is 1.71 bits per heavy atom. The van der Waals surface area contributed by atoms with Crippen LogP contribution in [-0.2, 0) is 27.2 Å². The maximum atomic E-state index is 12.0. The number of nitrogens with zero attached hydrogens (tertiary/aromatic N) is 4. The summed E-state index contributed by atoms with van der Waals surface area (Å²) in [5, 5.41) is 2.12. The molecule has 130 valence electrons. The summed E-state index contributed by atoms with van der Waals surface area (Å²) >= 11 is 1.80. The quantitative estimate of drug-likeness (QED) is 0.822. The lowest BCUT2D eigenvalue weighted by molar-refractivity contribution is 0.244. The monoisotopic (exact) mass is 348 g/mol. The Hall–Kier alpha value is -1.70. The molecule has 0 aromatic carbocycles. The van der Waals surface area contributed by atoms with Crippen LogP contribution in [0, 0.1) is 0 Å². The van der Waals surface area contributed by atoms with Gasteiger partial charge in [0.25, 0.3) is 5.56 Å². The van der Waals surface area contributed by atoms with Crippen LogP contribution in [0.3, 0.4) is 0 Å². The fourth-order valence-electron chi connectivity index (χ4n) is 3.12. The van der Waals surface area contributed by atoms with Gasteiger partial charge in [-0.25, -0.2) is 4.79 Å². The molecule has 0 saturated carbocycles. The molecule has 7 heteroatoms. The number of aromatic nitrogens is 2. The largest absolute Gasteiger partial charge is 0.330 e. The fourth-order valence-corrected chi connectivity index (χ4v) is 3.87. The summed E-state index contributed by atoms with van der Waals surface area (Å²) in [6.45, 7) is 5.70. The van der Waals surface area contributed by atoms with Gasteiger partial charge in [-0.1, -0.05) is 6.07 Å². The molecule has 2 aromatic rings. The van der Waals surface area contributed by atoms with E-state index in [2.05, 4.69) is 27.3 Å². The molecule has 0 bridgehead atoms. The third kappa shape index (κ3) is 3.85. The Kier molecular flexibility index (Phi) is 5.33. The first-order valence-electron chi connectivity index (χ1n) is 8.27. The molecule has 0 spiro atoms. The minimum absolute atomic E-state index is 0.234. The summed E-state index contributed by atoms with van der Waals surface area (Å²) in [4.78, 5) is 30.1. The first-order valence-corrected chi connectivity index (χ1v) is 9.15. The smallest absolute Gasteiger partial charge is 0.299 e. The van der Waals surface area contributed by atoms with E-state index in [1.165, 1.54) is 11.9 Å². The maximum absolute atomic E-state index is 12.0. The normalized spacial score (nSPS) is 17.1. The molecule has 0 amide bonds. The van der Waals surface area contributed by atoms with Gasteiger partial charge in [-0.05, 0) is 31.0 Å². The number of hydrogen-bond acceptors (Lipinski definition) is 5. The van der Waals surface area contributed by atoms with Crippen molar-refractivity contribution in [2.24, 2.45) is 14.1 Å². The predicted octanol–water partition coefficient (Wildman–Crippen LogP) is 0.853. The van der Waals surface area contributed by atoms with Crippen molar-refractivity contribution in [3.05, 3.63) is 55.0 Å². The van der Waals surface area contributed by atoms with Gasteiger partial charge in [0.1, 0.15) is 0 Å². The molecule has 2 aromatic heterocycles. The van der Waals surface area contributed by atoms with Crippen LogP contribution < -0.4 is 11.2 Å². The highest BCUT2D eigenvalue weighted by atomic mass is 32.1. The highest BCUT2D eigenvalue weighted by molar-refractivity contribution is 7.09. The Balaban J connectivity index is 1.65. The average Bonchev–Trinajstić information content (AvgIpc) is 2.98. The van der Waals surface area contributed by atoms with Crippen molar-refractivity contribution < 1.29 is 0 Å². The van der Waals surface area contributed by atoms with Crippen molar-refractivity contribution in [3.8, 4) is 0 Å². The van der Waals surface area contributed by atoms with Gasteiger partial charge in [-0.2, -0.15) is 0 Å². The van der Waals surface area contributed by atoms with E-state index in [1.54, 1.807) is 29.0 Å². The van der Waals surface area contributed by atoms with E-state index < -0.39 is 0 Å². The van der Waals surface area contributed by atoms with Gasteiger partial charge in [-0.3, -0.25) is 23.7 Å². The second-order valence-electron chi connectivity index (χ2n) is 6.36. The summed E-state index contributed by atoms with van der Waals surface area (Å²) in [6, 6.07) is 5.86. The van der Waals surface area contributed by atoms with Crippen LogP contribution in [0.1, 0.15) is 17.0 Å². The highest BCUT2D eigenvalue weighted by Gasteiger charge is 2.17. The van der Waals surface area contributed by atoms with E-state index in [4.69, 9.17) is 0 Å². The molecule has 0 aliphatic carbocycles. The van der Waals surface area contributed by atoms with Gasteiger partial charge in [0.15, 0.2) is 0 Å². The lowest BCUT2D eigenvalue weighted by atomic mass is 10.3. The molecule has 3 heterocycles. The second kappa shape index (κ2) is 7.46. The van der Waals surface area contributed by atoms with E-state index in [-0.39, 0.29) is 11.2 Å². The third-order valence-electron chi connectivity index (χ3n) is 4.65. The zero-order chi connectivity index (χ0) is 17.1. The van der Waals surface area contributed by atoms with Crippen LogP contribution in [0.2, 0.25) is 0 Å². The van der Waals surface area contributed by atoms with E-state index in [1.807, 2.05) is 0 Å². The van der Waals surface area contributed by atoms with Crippen molar-refractivity contribution in [1.29, 1.82) is 0 Å². The van der Waals surface area contributed by atoms with Crippen LogP contribution in [0.25, 0.3) is 0 Å². The van der Waals surface area contributed by atoms with Crippen molar-refractivity contribution in [3.63, 3.8) is 0 Å². The van der Waals surface area contributed by atoms with Gasteiger partial charge >= 0.3 is 5.69 Å². The molecular weight excluding hydrogens is 324 g/mol. The number of hydrogen-bond donors (Lipinski definition) is 0. The molecule has 0 atom stereocenters. The molecule has 0 radical (unpaired) electrons. The average molecular weight is 348 g/mol. The van der Waals surface area contributed by atoms with Crippen LogP contribution in [0.15, 0.2) is 33.2 Å². The maximum Gasteiger partial charge on any atom is 0.330 e. The molecule has 6 nitrogen and oxygen atoms in total. The van der Waals surface area contributed by atoms with Gasteiger partial charge in [0, 0.05) is 56.9 Å². The van der Waals surface area contributed by atoms with Crippen LogP contribution >= 0.6 is 11.3 Å². The van der Waals surface area contributed by atoms with Gasteiger partial charge in [0.05, 0.1) is 0 Å². The predicted molar refractivity (Wildman–Crippen MR) is 96.4 cm³/mol. The first-order chi connectivity index (χ1) is 11.5. The summed E-state index contributed by atoms with van der Waals surface area (Å²) in [5.74, 6) is 0. The van der Waals surface area contributed by atoms with Crippen LogP contribution in [0.5, 0.6) is 0 Å². The molecule has 3 rings (SSSR count). The minimum Gasteiger partial charge on any atom is -0.299 e. The minimum atomic E-state index is -0.258. The molecule has 1 aliphatic heterocycles. The molecule has 0 unspecified atom stereocenters. The van der Waals surface area contributed by atoms with Crippen molar-refractivity contribution in [2.45, 2.75) is 19.5 Å². The summed E-state index contributed by atoms with van der Waals surface area (Å²) in [7, 11) is 3.25. The van der Waals surface area contributed by atoms with Crippen LogP contribution in [0.4, 0.5) is 0 Å². The lowest BCUT2D eigenvalue weighted by Crippen LogP contribution is -2.40. The molecule has 0 N–H and O–H groups in total. The van der Waals surface area contributed by atoms with E-state index >= 15 is 0 Å². The molecular formula is C17H24N4O2S. The van der Waals surface area contributed by atoms with Crippen molar-refractivity contribution in [2.75, 3.05) is 26.2 Å². The first kappa shape index (κ1) is 17.1. The number of rotatable bonds is 4. The third-order valence-corrected chi connectivity index (χ3v) is 5.51.